The fraction of sp³-hybridized carbons (Fsp3) is 0.571. The van der Waals surface area contributed by atoms with Crippen LogP contribution in [0.1, 0.15) is 11.6 Å². The van der Waals surface area contributed by atoms with Crippen molar-refractivity contribution in [3.8, 4) is 11.5 Å². The predicted molar refractivity (Wildman–Crippen MR) is 78.1 cm³/mol. The quantitative estimate of drug-likeness (QED) is 0.909. The summed E-state index contributed by atoms with van der Waals surface area (Å²) in [5.74, 6) is 4.09. The number of benzene rings is 1. The molecule has 1 saturated heterocycles. The van der Waals surface area contributed by atoms with Crippen molar-refractivity contribution in [2.24, 2.45) is 5.73 Å². The number of fused-ring (bicyclic) bond motifs is 1. The lowest BCUT2D eigenvalue weighted by atomic mass is 10.0. The highest BCUT2D eigenvalue weighted by Gasteiger charge is 2.23. The van der Waals surface area contributed by atoms with E-state index in [4.69, 9.17) is 15.2 Å². The van der Waals surface area contributed by atoms with Gasteiger partial charge in [-0.3, -0.25) is 4.90 Å². The van der Waals surface area contributed by atoms with Gasteiger partial charge in [-0.25, -0.2) is 0 Å². The highest BCUT2D eigenvalue weighted by Crippen LogP contribution is 2.34. The smallest absolute Gasteiger partial charge is 0.161 e. The Morgan fingerprint density at radius 1 is 1.16 bits per heavy atom. The van der Waals surface area contributed by atoms with Crippen LogP contribution in [0.4, 0.5) is 0 Å². The Labute approximate surface area is 118 Å². The molecule has 2 N–H and O–H groups in total. The topological polar surface area (TPSA) is 47.7 Å². The molecule has 0 radical (unpaired) electrons. The molecule has 104 valence electrons. The van der Waals surface area contributed by atoms with E-state index < -0.39 is 0 Å². The zero-order chi connectivity index (χ0) is 13.1. The van der Waals surface area contributed by atoms with E-state index in [2.05, 4.69) is 17.0 Å². The second-order valence-corrected chi connectivity index (χ2v) is 6.03. The van der Waals surface area contributed by atoms with Crippen LogP contribution in [0, 0.1) is 0 Å². The summed E-state index contributed by atoms with van der Waals surface area (Å²) < 4.78 is 11.2. The van der Waals surface area contributed by atoms with E-state index in [1.807, 2.05) is 17.8 Å². The molecule has 0 saturated carbocycles. The van der Waals surface area contributed by atoms with E-state index in [0.29, 0.717) is 19.8 Å². The summed E-state index contributed by atoms with van der Waals surface area (Å²) >= 11 is 2.02. The predicted octanol–water partition coefficient (Wildman–Crippen LogP) is 1.51. The first-order chi connectivity index (χ1) is 9.38. The van der Waals surface area contributed by atoms with Gasteiger partial charge < -0.3 is 15.2 Å². The fourth-order valence-electron chi connectivity index (χ4n) is 2.65. The molecule has 2 aliphatic rings. The largest absolute Gasteiger partial charge is 0.486 e. The van der Waals surface area contributed by atoms with Gasteiger partial charge in [0.15, 0.2) is 11.5 Å². The summed E-state index contributed by atoms with van der Waals surface area (Å²) in [5.41, 5.74) is 7.23. The molecule has 4 nitrogen and oxygen atoms in total. The molecule has 0 bridgehead atoms. The molecule has 1 fully saturated rings. The van der Waals surface area contributed by atoms with Gasteiger partial charge >= 0.3 is 0 Å². The first kappa shape index (κ1) is 13.1. The van der Waals surface area contributed by atoms with Crippen LogP contribution < -0.4 is 15.2 Å². The van der Waals surface area contributed by atoms with Gasteiger partial charge in [-0.05, 0) is 17.7 Å². The van der Waals surface area contributed by atoms with Crippen molar-refractivity contribution in [3.05, 3.63) is 23.8 Å². The molecule has 0 aromatic heterocycles. The Morgan fingerprint density at radius 2 is 1.89 bits per heavy atom. The van der Waals surface area contributed by atoms with Crippen LogP contribution in [0.25, 0.3) is 0 Å². The molecule has 5 heteroatoms. The second-order valence-electron chi connectivity index (χ2n) is 4.80. The summed E-state index contributed by atoms with van der Waals surface area (Å²) in [4.78, 5) is 2.47. The van der Waals surface area contributed by atoms with Gasteiger partial charge in [-0.2, -0.15) is 11.8 Å². The third kappa shape index (κ3) is 2.83. The molecule has 1 atom stereocenters. The molecule has 1 aromatic carbocycles. The Kier molecular flexibility index (Phi) is 4.15. The van der Waals surface area contributed by atoms with E-state index in [1.54, 1.807) is 0 Å². The summed E-state index contributed by atoms with van der Waals surface area (Å²) in [6.07, 6.45) is 0. The normalized spacial score (nSPS) is 21.1. The monoisotopic (exact) mass is 280 g/mol. The van der Waals surface area contributed by atoms with Crippen molar-refractivity contribution < 1.29 is 9.47 Å². The zero-order valence-corrected chi connectivity index (χ0v) is 11.8. The summed E-state index contributed by atoms with van der Waals surface area (Å²) in [5, 5.41) is 0. The average Bonchev–Trinajstić information content (AvgIpc) is 2.49. The van der Waals surface area contributed by atoms with Crippen molar-refractivity contribution in [2.45, 2.75) is 6.04 Å². The lowest BCUT2D eigenvalue weighted by molar-refractivity contribution is 0.170. The van der Waals surface area contributed by atoms with Crippen LogP contribution in [-0.4, -0.2) is 49.3 Å². The Morgan fingerprint density at radius 3 is 2.63 bits per heavy atom. The van der Waals surface area contributed by atoms with Crippen molar-refractivity contribution >= 4 is 11.8 Å². The minimum absolute atomic E-state index is 0.289. The van der Waals surface area contributed by atoms with Crippen LogP contribution >= 0.6 is 11.8 Å². The molecule has 2 heterocycles. The van der Waals surface area contributed by atoms with Gasteiger partial charge in [0.2, 0.25) is 0 Å². The second kappa shape index (κ2) is 6.03. The first-order valence-corrected chi connectivity index (χ1v) is 7.95. The van der Waals surface area contributed by atoms with Crippen LogP contribution in [-0.2, 0) is 0 Å². The van der Waals surface area contributed by atoms with Gasteiger partial charge in [0.1, 0.15) is 13.2 Å². The SMILES string of the molecule is NCC(c1ccc2c(c1)OCCO2)N1CCSCC1. The van der Waals surface area contributed by atoms with Gasteiger partial charge in [0.25, 0.3) is 0 Å². The van der Waals surface area contributed by atoms with Gasteiger partial charge in [0, 0.05) is 37.2 Å². The van der Waals surface area contributed by atoms with Crippen molar-refractivity contribution in [3.63, 3.8) is 0 Å². The highest BCUT2D eigenvalue weighted by atomic mass is 32.2. The van der Waals surface area contributed by atoms with E-state index >= 15 is 0 Å². The Balaban J connectivity index is 1.82. The maximum Gasteiger partial charge on any atom is 0.161 e. The van der Waals surface area contributed by atoms with E-state index in [-0.39, 0.29) is 6.04 Å². The molecule has 1 unspecified atom stereocenters. The van der Waals surface area contributed by atoms with Crippen LogP contribution in [0.5, 0.6) is 11.5 Å². The van der Waals surface area contributed by atoms with Crippen LogP contribution in [0.2, 0.25) is 0 Å². The lowest BCUT2D eigenvalue weighted by Gasteiger charge is -2.34. The minimum Gasteiger partial charge on any atom is -0.486 e. The zero-order valence-electron chi connectivity index (χ0n) is 11.0. The molecule has 2 aliphatic heterocycles. The van der Waals surface area contributed by atoms with Crippen molar-refractivity contribution in [1.82, 2.24) is 4.90 Å². The van der Waals surface area contributed by atoms with Gasteiger partial charge in [-0.1, -0.05) is 6.07 Å². The standard InChI is InChI=1S/C14H20N2O2S/c15-10-12(16-3-7-19-8-4-16)11-1-2-13-14(9-11)18-6-5-17-13/h1-2,9,12H,3-8,10,15H2. The minimum atomic E-state index is 0.289. The Hall–Kier alpha value is -0.910. The molecule has 19 heavy (non-hydrogen) atoms. The lowest BCUT2D eigenvalue weighted by Crippen LogP contribution is -2.39. The van der Waals surface area contributed by atoms with Crippen LogP contribution in [0.15, 0.2) is 18.2 Å². The highest BCUT2D eigenvalue weighted by molar-refractivity contribution is 7.99. The number of thioether (sulfide) groups is 1. The molecule has 3 rings (SSSR count). The third-order valence-electron chi connectivity index (χ3n) is 3.66. The summed E-state index contributed by atoms with van der Waals surface area (Å²) in [6.45, 7) is 4.13. The number of rotatable bonds is 3. The van der Waals surface area contributed by atoms with Crippen molar-refractivity contribution in [2.75, 3.05) is 44.4 Å². The molecule has 0 spiro atoms. The number of ether oxygens (including phenoxy) is 2. The number of hydrogen-bond donors (Lipinski definition) is 1. The maximum absolute atomic E-state index is 5.99. The van der Waals surface area contributed by atoms with E-state index in [0.717, 1.165) is 24.6 Å². The molecular formula is C14H20N2O2S. The number of nitrogens with zero attached hydrogens (tertiary/aromatic N) is 1. The molecule has 1 aromatic rings. The Bertz CT molecular complexity index is 435. The molecule has 0 amide bonds. The fourth-order valence-corrected chi connectivity index (χ4v) is 3.58. The molecular weight excluding hydrogens is 260 g/mol. The maximum atomic E-state index is 5.99. The van der Waals surface area contributed by atoms with E-state index in [9.17, 15) is 0 Å². The van der Waals surface area contributed by atoms with Crippen LogP contribution in [0.3, 0.4) is 0 Å². The third-order valence-corrected chi connectivity index (χ3v) is 4.60. The van der Waals surface area contributed by atoms with Crippen molar-refractivity contribution in [1.29, 1.82) is 0 Å². The van der Waals surface area contributed by atoms with E-state index in [1.165, 1.54) is 17.1 Å². The molecule has 0 aliphatic carbocycles. The van der Waals surface area contributed by atoms with Gasteiger partial charge in [0.05, 0.1) is 0 Å². The van der Waals surface area contributed by atoms with Gasteiger partial charge in [-0.15, -0.1) is 0 Å². The number of nitrogens with two attached hydrogens (primary N) is 1. The average molecular weight is 280 g/mol. The first-order valence-electron chi connectivity index (χ1n) is 6.80. The number of hydrogen-bond acceptors (Lipinski definition) is 5. The summed E-state index contributed by atoms with van der Waals surface area (Å²) in [6, 6.07) is 6.50. The summed E-state index contributed by atoms with van der Waals surface area (Å²) in [7, 11) is 0.